The van der Waals surface area contributed by atoms with Crippen LogP contribution >= 0.6 is 0 Å². The van der Waals surface area contributed by atoms with Gasteiger partial charge in [-0.25, -0.2) is 4.39 Å². The zero-order valence-electron chi connectivity index (χ0n) is 12.6. The Hall–Kier alpha value is -1.71. The highest BCUT2D eigenvalue weighted by atomic mass is 19.1. The smallest absolute Gasteiger partial charge is 0.123 e. The van der Waals surface area contributed by atoms with Crippen LogP contribution in [0.4, 0.5) is 4.39 Å². The van der Waals surface area contributed by atoms with Gasteiger partial charge in [-0.1, -0.05) is 49.4 Å². The Labute approximate surface area is 126 Å². The van der Waals surface area contributed by atoms with Gasteiger partial charge < -0.3 is 10.1 Å². The fourth-order valence-corrected chi connectivity index (χ4v) is 2.39. The standard InChI is InChI=1S/C18H22FNO/c1-14(13-21-2)12-20-18(15-6-4-3-5-7-15)16-8-10-17(19)11-9-16/h3-11,14,18,20H,12-13H2,1-2H3. The van der Waals surface area contributed by atoms with E-state index in [0.717, 1.165) is 18.7 Å². The van der Waals surface area contributed by atoms with Crippen molar-refractivity contribution in [3.05, 3.63) is 71.5 Å². The van der Waals surface area contributed by atoms with Crippen molar-refractivity contribution >= 4 is 0 Å². The van der Waals surface area contributed by atoms with Crippen LogP contribution in [0, 0.1) is 11.7 Å². The number of benzene rings is 2. The Bertz CT molecular complexity index is 527. The van der Waals surface area contributed by atoms with Gasteiger partial charge in [0, 0.05) is 20.3 Å². The van der Waals surface area contributed by atoms with Crippen molar-refractivity contribution in [2.24, 2.45) is 5.92 Å². The number of hydrogen-bond acceptors (Lipinski definition) is 2. The molecule has 0 aliphatic heterocycles. The average Bonchev–Trinajstić information content (AvgIpc) is 2.50. The third kappa shape index (κ3) is 4.66. The molecule has 2 aromatic rings. The van der Waals surface area contributed by atoms with Gasteiger partial charge in [0.25, 0.3) is 0 Å². The van der Waals surface area contributed by atoms with E-state index < -0.39 is 0 Å². The van der Waals surface area contributed by atoms with Gasteiger partial charge in [0.05, 0.1) is 6.04 Å². The number of halogens is 1. The van der Waals surface area contributed by atoms with Crippen LogP contribution in [0.15, 0.2) is 54.6 Å². The second kappa shape index (κ2) is 7.91. The van der Waals surface area contributed by atoms with Crippen molar-refractivity contribution in [1.82, 2.24) is 5.32 Å². The molecule has 0 spiro atoms. The summed E-state index contributed by atoms with van der Waals surface area (Å²) in [5, 5.41) is 3.55. The third-order valence-electron chi connectivity index (χ3n) is 3.46. The van der Waals surface area contributed by atoms with Gasteiger partial charge in [-0.3, -0.25) is 0 Å². The SMILES string of the molecule is COCC(C)CNC(c1ccccc1)c1ccc(F)cc1. The molecule has 0 saturated heterocycles. The molecule has 0 fully saturated rings. The molecule has 2 aromatic carbocycles. The number of methoxy groups -OCH3 is 1. The van der Waals surface area contributed by atoms with Crippen LogP contribution in [-0.4, -0.2) is 20.3 Å². The molecule has 2 atom stereocenters. The Morgan fingerprint density at radius 1 is 1.00 bits per heavy atom. The summed E-state index contributed by atoms with van der Waals surface area (Å²) >= 11 is 0. The molecule has 112 valence electrons. The van der Waals surface area contributed by atoms with Gasteiger partial charge in [0.1, 0.15) is 5.82 Å². The van der Waals surface area contributed by atoms with Crippen molar-refractivity contribution in [2.75, 3.05) is 20.3 Å². The summed E-state index contributed by atoms with van der Waals surface area (Å²) in [6, 6.07) is 17.0. The summed E-state index contributed by atoms with van der Waals surface area (Å²) < 4.78 is 18.3. The average molecular weight is 287 g/mol. The molecule has 21 heavy (non-hydrogen) atoms. The molecule has 1 N–H and O–H groups in total. The van der Waals surface area contributed by atoms with E-state index in [-0.39, 0.29) is 11.9 Å². The predicted octanol–water partition coefficient (Wildman–Crippen LogP) is 3.79. The van der Waals surface area contributed by atoms with Gasteiger partial charge >= 0.3 is 0 Å². The highest BCUT2D eigenvalue weighted by Gasteiger charge is 2.14. The highest BCUT2D eigenvalue weighted by Crippen LogP contribution is 2.22. The summed E-state index contributed by atoms with van der Waals surface area (Å²) in [5.74, 6) is 0.208. The first-order chi connectivity index (χ1) is 10.2. The third-order valence-corrected chi connectivity index (χ3v) is 3.46. The van der Waals surface area contributed by atoms with Crippen LogP contribution < -0.4 is 5.32 Å². The molecular weight excluding hydrogens is 265 g/mol. The number of rotatable bonds is 7. The summed E-state index contributed by atoms with van der Waals surface area (Å²) in [6.07, 6.45) is 0. The molecule has 2 nitrogen and oxygen atoms in total. The molecule has 0 radical (unpaired) electrons. The van der Waals surface area contributed by atoms with E-state index in [0.29, 0.717) is 5.92 Å². The number of ether oxygens (including phenoxy) is 1. The lowest BCUT2D eigenvalue weighted by Gasteiger charge is -2.22. The summed E-state index contributed by atoms with van der Waals surface area (Å²) in [5.41, 5.74) is 2.24. The maximum atomic E-state index is 13.1. The molecule has 0 aliphatic rings. The maximum absolute atomic E-state index is 13.1. The molecule has 0 bridgehead atoms. The van der Waals surface area contributed by atoms with E-state index in [1.165, 1.54) is 17.7 Å². The Balaban J connectivity index is 2.16. The Morgan fingerprint density at radius 2 is 1.62 bits per heavy atom. The monoisotopic (exact) mass is 287 g/mol. The lowest BCUT2D eigenvalue weighted by atomic mass is 9.98. The van der Waals surface area contributed by atoms with Gasteiger partial charge in [0.15, 0.2) is 0 Å². The van der Waals surface area contributed by atoms with E-state index in [2.05, 4.69) is 24.4 Å². The summed E-state index contributed by atoms with van der Waals surface area (Å²) in [4.78, 5) is 0. The molecule has 0 aliphatic carbocycles. The normalized spacial score (nSPS) is 13.9. The maximum Gasteiger partial charge on any atom is 0.123 e. The topological polar surface area (TPSA) is 21.3 Å². The molecule has 2 rings (SSSR count). The predicted molar refractivity (Wildman–Crippen MR) is 83.7 cm³/mol. The number of nitrogens with one attached hydrogen (secondary N) is 1. The second-order valence-electron chi connectivity index (χ2n) is 5.36. The molecule has 0 amide bonds. The van der Waals surface area contributed by atoms with Gasteiger partial charge in [-0.15, -0.1) is 0 Å². The van der Waals surface area contributed by atoms with Crippen LogP contribution in [0.2, 0.25) is 0 Å². The van der Waals surface area contributed by atoms with Crippen molar-refractivity contribution in [1.29, 1.82) is 0 Å². The summed E-state index contributed by atoms with van der Waals surface area (Å²) in [7, 11) is 1.71. The van der Waals surface area contributed by atoms with E-state index in [1.54, 1.807) is 7.11 Å². The first-order valence-corrected chi connectivity index (χ1v) is 7.23. The zero-order valence-corrected chi connectivity index (χ0v) is 12.6. The second-order valence-corrected chi connectivity index (χ2v) is 5.36. The van der Waals surface area contributed by atoms with Crippen molar-refractivity contribution in [3.63, 3.8) is 0 Å². The van der Waals surface area contributed by atoms with E-state index >= 15 is 0 Å². The fraction of sp³-hybridized carbons (Fsp3) is 0.333. The lowest BCUT2D eigenvalue weighted by Crippen LogP contribution is -2.28. The lowest BCUT2D eigenvalue weighted by molar-refractivity contribution is 0.157. The van der Waals surface area contributed by atoms with Crippen LogP contribution in [-0.2, 0) is 4.74 Å². The molecular formula is C18H22FNO. The van der Waals surface area contributed by atoms with E-state index in [9.17, 15) is 4.39 Å². The first-order valence-electron chi connectivity index (χ1n) is 7.23. The van der Waals surface area contributed by atoms with Crippen LogP contribution in [0.25, 0.3) is 0 Å². The van der Waals surface area contributed by atoms with E-state index in [4.69, 9.17) is 4.74 Å². The van der Waals surface area contributed by atoms with E-state index in [1.807, 2.05) is 30.3 Å². The molecule has 0 aromatic heterocycles. The zero-order chi connectivity index (χ0) is 15.1. The van der Waals surface area contributed by atoms with Gasteiger partial charge in [0.2, 0.25) is 0 Å². The van der Waals surface area contributed by atoms with Crippen molar-refractivity contribution in [2.45, 2.75) is 13.0 Å². The quantitative estimate of drug-likeness (QED) is 0.836. The van der Waals surface area contributed by atoms with Crippen LogP contribution in [0.3, 0.4) is 0 Å². The minimum absolute atomic E-state index is 0.0612. The van der Waals surface area contributed by atoms with Crippen LogP contribution in [0.5, 0.6) is 0 Å². The van der Waals surface area contributed by atoms with Crippen molar-refractivity contribution < 1.29 is 9.13 Å². The van der Waals surface area contributed by atoms with Crippen molar-refractivity contribution in [3.8, 4) is 0 Å². The highest BCUT2D eigenvalue weighted by molar-refractivity contribution is 5.31. The van der Waals surface area contributed by atoms with Gasteiger partial charge in [-0.05, 0) is 29.2 Å². The Kier molecular flexibility index (Phi) is 5.90. The molecule has 0 saturated carbocycles. The number of hydrogen-bond donors (Lipinski definition) is 1. The first kappa shape index (κ1) is 15.7. The molecule has 0 heterocycles. The van der Waals surface area contributed by atoms with Crippen LogP contribution in [0.1, 0.15) is 24.1 Å². The summed E-state index contributed by atoms with van der Waals surface area (Å²) in [6.45, 7) is 3.70. The van der Waals surface area contributed by atoms with Gasteiger partial charge in [-0.2, -0.15) is 0 Å². The molecule has 3 heteroatoms. The minimum Gasteiger partial charge on any atom is -0.384 e. The fourth-order valence-electron chi connectivity index (χ4n) is 2.39. The Morgan fingerprint density at radius 3 is 2.24 bits per heavy atom. The largest absolute Gasteiger partial charge is 0.384 e. The molecule has 2 unspecified atom stereocenters. The minimum atomic E-state index is -0.210.